The molecule has 58 heavy (non-hydrogen) atoms. The van der Waals surface area contributed by atoms with Gasteiger partial charge in [-0.25, -0.2) is 0 Å². The number of anilines is 1. The van der Waals surface area contributed by atoms with Crippen molar-refractivity contribution in [2.24, 2.45) is 4.99 Å². The van der Waals surface area contributed by atoms with Crippen LogP contribution in [0.1, 0.15) is 219 Å². The summed E-state index contributed by atoms with van der Waals surface area (Å²) in [4.78, 5) is 49.9. The Balaban J connectivity index is 1.22. The van der Waals surface area contributed by atoms with Crippen LogP contribution in [-0.4, -0.2) is 28.2 Å². The van der Waals surface area contributed by atoms with Gasteiger partial charge in [-0.3, -0.25) is 29.3 Å². The number of benzene rings is 2. The predicted octanol–water partition coefficient (Wildman–Crippen LogP) is 13.3. The van der Waals surface area contributed by atoms with Gasteiger partial charge in [-0.2, -0.15) is 0 Å². The molecule has 0 spiro atoms. The second-order valence-corrected chi connectivity index (χ2v) is 17.4. The molecular formula is C50H80N4O4. The standard InChI is InChI=1S/C50H80N4O4/c1-3-5-7-9-11-13-15-17-19-21-23-25-27-29-31-33-35-51-41-37-39-44-43-40(48(56)53-49(57)45(41)43)38-42(46(44)50(58)54-47(39)55)52-36-34-32-30-28-26-24-22-20-18-16-14-12-10-8-6-4-2/h37-38,51H,3-36H2,1-2H3,(H,53,56,57)(H2,54,55,58). The van der Waals surface area contributed by atoms with E-state index in [0.717, 1.165) is 25.7 Å². The number of rotatable bonds is 35. The highest BCUT2D eigenvalue weighted by Gasteiger charge is 2.25. The zero-order chi connectivity index (χ0) is 41.2. The van der Waals surface area contributed by atoms with Crippen molar-refractivity contribution in [3.05, 3.63) is 48.6 Å². The average molecular weight is 801 g/mol. The van der Waals surface area contributed by atoms with Crippen molar-refractivity contribution in [1.82, 2.24) is 9.97 Å². The molecule has 0 unspecified atom stereocenters. The molecule has 4 rings (SSSR count). The fraction of sp³-hybridized carbons (Fsp3) is 0.720. The molecule has 0 fully saturated rings. The number of unbranched alkanes of at least 4 members (excludes halogenated alkanes) is 30. The van der Waals surface area contributed by atoms with E-state index in [1.165, 1.54) is 180 Å². The first-order valence-corrected chi connectivity index (χ1v) is 24.3. The number of H-pyrrole nitrogens is 2. The highest BCUT2D eigenvalue weighted by Crippen LogP contribution is 2.39. The summed E-state index contributed by atoms with van der Waals surface area (Å²) in [5.74, 6) is -0.270. The van der Waals surface area contributed by atoms with Gasteiger partial charge < -0.3 is 10.4 Å². The first-order valence-electron chi connectivity index (χ1n) is 24.3. The van der Waals surface area contributed by atoms with Crippen LogP contribution in [0.25, 0.3) is 32.7 Å². The van der Waals surface area contributed by atoms with Gasteiger partial charge in [-0.05, 0) is 25.0 Å². The SMILES string of the molecule is CCCCCCCCCCCCCCCCCCN=c1cc2c(=O)[nH]c(=O)c3c(NCCCCCCCCCCCCCCCCCC)cc4c(O)[nH]c(=O)c1c4c3-2. The molecular weight excluding hydrogens is 721 g/mol. The molecule has 2 heterocycles. The summed E-state index contributed by atoms with van der Waals surface area (Å²) in [6.45, 7) is 5.76. The van der Waals surface area contributed by atoms with E-state index < -0.39 is 16.7 Å². The number of aromatic amines is 2. The fourth-order valence-electron chi connectivity index (χ4n) is 8.94. The van der Waals surface area contributed by atoms with E-state index in [2.05, 4.69) is 29.1 Å². The predicted molar refractivity (Wildman–Crippen MR) is 248 cm³/mol. The molecule has 0 bridgehead atoms. The summed E-state index contributed by atoms with van der Waals surface area (Å²) in [7, 11) is 0. The molecule has 0 saturated heterocycles. The lowest BCUT2D eigenvalue weighted by Gasteiger charge is -2.18. The van der Waals surface area contributed by atoms with E-state index in [1.54, 1.807) is 12.1 Å². The molecule has 2 aromatic rings. The maximum absolute atomic E-state index is 13.4. The third kappa shape index (κ3) is 15.6. The largest absolute Gasteiger partial charge is 0.494 e. The molecule has 8 heteroatoms. The molecule has 1 aromatic heterocycles. The van der Waals surface area contributed by atoms with Crippen molar-refractivity contribution in [3.63, 3.8) is 0 Å². The topological polar surface area (TPSA) is 127 Å². The van der Waals surface area contributed by atoms with Gasteiger partial charge in [-0.1, -0.05) is 206 Å². The lowest BCUT2D eigenvalue weighted by molar-refractivity contribution is 0.459. The normalized spacial score (nSPS) is 12.3. The molecule has 1 aliphatic carbocycles. The summed E-state index contributed by atoms with van der Waals surface area (Å²) in [6.07, 6.45) is 41.6. The van der Waals surface area contributed by atoms with Crippen molar-refractivity contribution in [2.75, 3.05) is 18.4 Å². The zero-order valence-corrected chi connectivity index (χ0v) is 36.8. The zero-order valence-electron chi connectivity index (χ0n) is 36.8. The van der Waals surface area contributed by atoms with Gasteiger partial charge >= 0.3 is 0 Å². The number of hydrogen-bond donors (Lipinski definition) is 4. The van der Waals surface area contributed by atoms with E-state index in [1.807, 2.05) is 0 Å². The maximum atomic E-state index is 13.4. The lowest BCUT2D eigenvalue weighted by Crippen LogP contribution is -2.27. The lowest BCUT2D eigenvalue weighted by atomic mass is 9.90. The molecule has 0 saturated carbocycles. The third-order valence-electron chi connectivity index (χ3n) is 12.4. The summed E-state index contributed by atoms with van der Waals surface area (Å²) in [5.41, 5.74) is -0.184. The van der Waals surface area contributed by atoms with Crippen LogP contribution >= 0.6 is 0 Å². The van der Waals surface area contributed by atoms with Crippen LogP contribution in [-0.2, 0) is 0 Å². The van der Waals surface area contributed by atoms with E-state index in [-0.39, 0.29) is 5.88 Å². The summed E-state index contributed by atoms with van der Waals surface area (Å²) in [5, 5.41) is 16.3. The van der Waals surface area contributed by atoms with Crippen LogP contribution in [0.15, 0.2) is 31.5 Å². The second kappa shape index (κ2) is 28.1. The molecule has 8 nitrogen and oxygen atoms in total. The van der Waals surface area contributed by atoms with Crippen LogP contribution in [0.3, 0.4) is 0 Å². The van der Waals surface area contributed by atoms with Gasteiger partial charge in [0, 0.05) is 35.1 Å². The van der Waals surface area contributed by atoms with Gasteiger partial charge in [-0.15, -0.1) is 0 Å². The van der Waals surface area contributed by atoms with Gasteiger partial charge in [0.05, 0.1) is 21.7 Å². The Morgan fingerprint density at radius 2 is 0.897 bits per heavy atom. The molecule has 324 valence electrons. The fourth-order valence-corrected chi connectivity index (χ4v) is 8.94. The minimum absolute atomic E-state index is 0.270. The molecule has 2 aliphatic rings. The van der Waals surface area contributed by atoms with E-state index in [0.29, 0.717) is 56.8 Å². The number of nitrogens with zero attached hydrogens (tertiary/aromatic N) is 1. The quantitative estimate of drug-likeness (QED) is 0.0272. The van der Waals surface area contributed by atoms with Crippen LogP contribution in [0.4, 0.5) is 5.69 Å². The minimum atomic E-state index is -0.505. The number of aromatic nitrogens is 2. The Bertz CT molecular complexity index is 1900. The van der Waals surface area contributed by atoms with Crippen LogP contribution in [0.5, 0.6) is 5.88 Å². The first-order chi connectivity index (χ1) is 28.5. The summed E-state index contributed by atoms with van der Waals surface area (Å²) < 4.78 is 0. The molecule has 0 atom stereocenters. The molecule has 1 aromatic carbocycles. The number of nitrogens with one attached hydrogen (secondary N) is 3. The van der Waals surface area contributed by atoms with Crippen molar-refractivity contribution in [3.8, 4) is 17.0 Å². The monoisotopic (exact) mass is 801 g/mol. The molecule has 4 N–H and O–H groups in total. The Morgan fingerprint density at radius 1 is 0.483 bits per heavy atom. The van der Waals surface area contributed by atoms with Crippen LogP contribution < -0.4 is 27.4 Å². The Hall–Kier alpha value is -3.42. The number of pyridine rings is 2. The summed E-state index contributed by atoms with van der Waals surface area (Å²) >= 11 is 0. The molecule has 0 amide bonds. The van der Waals surface area contributed by atoms with Gasteiger partial charge in [0.25, 0.3) is 16.7 Å². The second-order valence-electron chi connectivity index (χ2n) is 17.4. The summed E-state index contributed by atoms with van der Waals surface area (Å²) in [6, 6.07) is 3.39. The highest BCUT2D eigenvalue weighted by atomic mass is 16.3. The van der Waals surface area contributed by atoms with E-state index in [9.17, 15) is 19.5 Å². The van der Waals surface area contributed by atoms with Crippen LogP contribution in [0.2, 0.25) is 0 Å². The smallest absolute Gasteiger partial charge is 0.260 e. The minimum Gasteiger partial charge on any atom is -0.494 e. The Labute approximate surface area is 349 Å². The number of hydrogen-bond acceptors (Lipinski definition) is 6. The van der Waals surface area contributed by atoms with Crippen molar-refractivity contribution < 1.29 is 5.11 Å². The van der Waals surface area contributed by atoms with E-state index >= 15 is 0 Å². The highest BCUT2D eigenvalue weighted by molar-refractivity contribution is 6.18. The first kappa shape index (κ1) is 47.3. The molecule has 0 radical (unpaired) electrons. The number of aromatic hydroxyl groups is 1. The van der Waals surface area contributed by atoms with Gasteiger partial charge in [0.15, 0.2) is 5.88 Å². The Kier molecular flexibility index (Phi) is 22.9. The molecule has 1 aliphatic heterocycles. The van der Waals surface area contributed by atoms with E-state index in [4.69, 9.17) is 4.99 Å². The van der Waals surface area contributed by atoms with Crippen molar-refractivity contribution in [2.45, 2.75) is 219 Å². The van der Waals surface area contributed by atoms with Gasteiger partial charge in [0.1, 0.15) is 0 Å². The van der Waals surface area contributed by atoms with Crippen LogP contribution in [0, 0.1) is 0 Å². The van der Waals surface area contributed by atoms with Crippen molar-refractivity contribution >= 4 is 27.2 Å². The third-order valence-corrected chi connectivity index (χ3v) is 12.4. The Morgan fingerprint density at radius 3 is 1.36 bits per heavy atom. The van der Waals surface area contributed by atoms with Gasteiger partial charge in [0.2, 0.25) is 0 Å². The average Bonchev–Trinajstić information content (AvgIpc) is 3.21. The van der Waals surface area contributed by atoms with Crippen molar-refractivity contribution in [1.29, 1.82) is 0 Å². The maximum Gasteiger partial charge on any atom is 0.260 e.